The van der Waals surface area contributed by atoms with Gasteiger partial charge in [-0.25, -0.2) is 18.1 Å². The summed E-state index contributed by atoms with van der Waals surface area (Å²) in [6.45, 7) is 3.87. The molecule has 1 aromatic heterocycles. The second-order valence-corrected chi connectivity index (χ2v) is 9.71. The zero-order chi connectivity index (χ0) is 22.1. The van der Waals surface area contributed by atoms with Crippen LogP contribution in [0.3, 0.4) is 0 Å². The Morgan fingerprint density at radius 2 is 2.00 bits per heavy atom. The van der Waals surface area contributed by atoms with Gasteiger partial charge in [-0.1, -0.05) is 13.8 Å². The van der Waals surface area contributed by atoms with Crippen molar-refractivity contribution in [3.63, 3.8) is 0 Å². The van der Waals surface area contributed by atoms with Crippen molar-refractivity contribution in [3.8, 4) is 0 Å². The first-order valence-electron chi connectivity index (χ1n) is 9.69. The Hall–Kier alpha value is -2.60. The maximum atomic E-state index is 13.2. The number of nitrogens with zero attached hydrogens (tertiary/aromatic N) is 4. The molecule has 0 saturated carbocycles. The molecule has 0 bridgehead atoms. The third-order valence-corrected chi connectivity index (χ3v) is 5.95. The van der Waals surface area contributed by atoms with Crippen LogP contribution in [0.1, 0.15) is 30.8 Å². The van der Waals surface area contributed by atoms with Crippen molar-refractivity contribution in [2.45, 2.75) is 38.4 Å². The van der Waals surface area contributed by atoms with Crippen LogP contribution < -0.4 is 10.0 Å². The van der Waals surface area contributed by atoms with Crippen LogP contribution in [0.5, 0.6) is 0 Å². The van der Waals surface area contributed by atoms with Crippen LogP contribution in [-0.4, -0.2) is 89.9 Å². The molecule has 0 unspecified atom stereocenters. The van der Waals surface area contributed by atoms with Gasteiger partial charge in [0.2, 0.25) is 21.8 Å². The lowest BCUT2D eigenvalue weighted by molar-refractivity contribution is -0.142. The average Bonchev–Trinajstić information content (AvgIpc) is 3.07. The smallest absolute Gasteiger partial charge is 0.274 e. The lowest BCUT2D eigenvalue weighted by Crippen LogP contribution is -2.64. The molecule has 0 spiro atoms. The summed E-state index contributed by atoms with van der Waals surface area (Å²) in [6, 6.07) is -1.66. The molecule has 2 saturated heterocycles. The zero-order valence-electron chi connectivity index (χ0n) is 17.1. The number of rotatable bonds is 6. The summed E-state index contributed by atoms with van der Waals surface area (Å²) >= 11 is 0. The molecular formula is C18H26N6O5S. The molecule has 0 radical (unpaired) electrons. The number of sulfonamides is 1. The van der Waals surface area contributed by atoms with Crippen molar-refractivity contribution in [2.75, 3.05) is 25.9 Å². The summed E-state index contributed by atoms with van der Waals surface area (Å²) in [5, 5.41) is 2.72. The van der Waals surface area contributed by atoms with Gasteiger partial charge in [-0.3, -0.25) is 19.4 Å². The quantitative estimate of drug-likeness (QED) is 0.556. The summed E-state index contributed by atoms with van der Waals surface area (Å²) in [4.78, 5) is 49.2. The lowest BCUT2D eigenvalue weighted by atomic mass is 10.0. The molecular weight excluding hydrogens is 412 g/mol. The van der Waals surface area contributed by atoms with Gasteiger partial charge in [0.1, 0.15) is 11.7 Å². The van der Waals surface area contributed by atoms with Crippen LogP contribution in [0.4, 0.5) is 0 Å². The maximum Gasteiger partial charge on any atom is 0.274 e. The molecule has 2 aliphatic rings. The van der Waals surface area contributed by atoms with Gasteiger partial charge in [0.15, 0.2) is 0 Å². The highest BCUT2D eigenvalue weighted by atomic mass is 32.2. The van der Waals surface area contributed by atoms with E-state index in [1.54, 1.807) is 18.7 Å². The van der Waals surface area contributed by atoms with Crippen LogP contribution in [0, 0.1) is 5.92 Å². The van der Waals surface area contributed by atoms with Crippen molar-refractivity contribution < 1.29 is 22.8 Å². The Morgan fingerprint density at radius 3 is 2.60 bits per heavy atom. The SMILES string of the molecule is CC(C)C(=O)NC[C@H]1C(=O)N2C[C@@H](NS(C)(=O)=O)C[C@H]2CN1C(=O)c1cnccn1. The van der Waals surface area contributed by atoms with E-state index in [1.165, 1.54) is 23.5 Å². The molecule has 2 aliphatic heterocycles. The van der Waals surface area contributed by atoms with E-state index in [2.05, 4.69) is 20.0 Å². The van der Waals surface area contributed by atoms with Crippen molar-refractivity contribution >= 4 is 27.7 Å². The second-order valence-electron chi connectivity index (χ2n) is 7.93. The van der Waals surface area contributed by atoms with E-state index in [0.29, 0.717) is 6.42 Å². The minimum Gasteiger partial charge on any atom is -0.353 e. The molecule has 164 valence electrons. The van der Waals surface area contributed by atoms with Gasteiger partial charge in [-0.15, -0.1) is 0 Å². The van der Waals surface area contributed by atoms with Gasteiger partial charge in [-0.05, 0) is 6.42 Å². The number of nitrogens with one attached hydrogen (secondary N) is 2. The Labute approximate surface area is 175 Å². The number of hydrogen-bond acceptors (Lipinski definition) is 7. The van der Waals surface area contributed by atoms with Crippen molar-refractivity contribution in [3.05, 3.63) is 24.3 Å². The predicted molar refractivity (Wildman–Crippen MR) is 107 cm³/mol. The van der Waals surface area contributed by atoms with Gasteiger partial charge in [0, 0.05) is 44.0 Å². The van der Waals surface area contributed by atoms with E-state index in [4.69, 9.17) is 0 Å². The molecule has 30 heavy (non-hydrogen) atoms. The Morgan fingerprint density at radius 1 is 1.27 bits per heavy atom. The number of aromatic nitrogens is 2. The predicted octanol–water partition coefficient (Wildman–Crippen LogP) is -1.41. The standard InChI is InChI=1S/C18H26N6O5S/c1-11(2)16(25)21-8-15-18(27)23-9-12(22-30(3,28)29)6-13(23)10-24(15)17(26)14-7-19-4-5-20-14/h4-5,7,11-13,15,22H,6,8-10H2,1-3H3,(H,21,25)/t12-,13-,15-/m0/s1. The molecule has 3 heterocycles. The second kappa shape index (κ2) is 8.64. The highest BCUT2D eigenvalue weighted by Crippen LogP contribution is 2.27. The normalized spacial score (nSPS) is 24.1. The molecule has 0 aliphatic carbocycles. The van der Waals surface area contributed by atoms with E-state index < -0.39 is 28.0 Å². The number of carbonyl (C=O) groups is 3. The molecule has 3 amide bonds. The molecule has 2 N–H and O–H groups in total. The van der Waals surface area contributed by atoms with Gasteiger partial charge in [0.05, 0.1) is 18.5 Å². The lowest BCUT2D eigenvalue weighted by Gasteiger charge is -2.42. The minimum atomic E-state index is -3.43. The fourth-order valence-corrected chi connectivity index (χ4v) is 4.58. The fourth-order valence-electron chi connectivity index (χ4n) is 3.81. The van der Waals surface area contributed by atoms with Crippen LogP contribution in [0.25, 0.3) is 0 Å². The van der Waals surface area contributed by atoms with Gasteiger partial charge in [0.25, 0.3) is 5.91 Å². The number of hydrogen-bond donors (Lipinski definition) is 2. The zero-order valence-corrected chi connectivity index (χ0v) is 17.9. The molecule has 11 nitrogen and oxygen atoms in total. The molecule has 2 fully saturated rings. The molecule has 0 aromatic carbocycles. The van der Waals surface area contributed by atoms with Crippen LogP contribution >= 0.6 is 0 Å². The van der Waals surface area contributed by atoms with Gasteiger partial charge in [-0.2, -0.15) is 0 Å². The summed E-state index contributed by atoms with van der Waals surface area (Å²) < 4.78 is 25.7. The van der Waals surface area contributed by atoms with Crippen molar-refractivity contribution in [1.29, 1.82) is 0 Å². The number of piperazine rings is 1. The largest absolute Gasteiger partial charge is 0.353 e. The van der Waals surface area contributed by atoms with Crippen LogP contribution in [0.2, 0.25) is 0 Å². The Balaban J connectivity index is 1.84. The van der Waals surface area contributed by atoms with Crippen molar-refractivity contribution in [2.24, 2.45) is 5.92 Å². The molecule has 3 rings (SSSR count). The third-order valence-electron chi connectivity index (χ3n) is 5.18. The van der Waals surface area contributed by atoms with Gasteiger partial charge < -0.3 is 15.1 Å². The third kappa shape index (κ3) is 4.93. The number of carbonyl (C=O) groups excluding carboxylic acids is 3. The van der Waals surface area contributed by atoms with Crippen LogP contribution in [0.15, 0.2) is 18.6 Å². The number of amides is 3. The molecule has 12 heteroatoms. The molecule has 1 aromatic rings. The van der Waals surface area contributed by atoms with E-state index in [0.717, 1.165) is 6.26 Å². The summed E-state index contributed by atoms with van der Waals surface area (Å²) in [5.41, 5.74) is 0.0998. The Bertz CT molecular complexity index is 922. The average molecular weight is 439 g/mol. The number of fused-ring (bicyclic) bond motifs is 1. The first-order valence-corrected chi connectivity index (χ1v) is 11.6. The summed E-state index contributed by atoms with van der Waals surface area (Å²) in [7, 11) is -3.43. The molecule has 3 atom stereocenters. The maximum absolute atomic E-state index is 13.2. The fraction of sp³-hybridized carbons (Fsp3) is 0.611. The monoisotopic (exact) mass is 438 g/mol. The summed E-state index contributed by atoms with van der Waals surface area (Å²) in [6.07, 6.45) is 5.63. The van der Waals surface area contributed by atoms with Gasteiger partial charge >= 0.3 is 0 Å². The summed E-state index contributed by atoms with van der Waals surface area (Å²) in [5.74, 6) is -1.28. The van der Waals surface area contributed by atoms with E-state index >= 15 is 0 Å². The highest BCUT2D eigenvalue weighted by Gasteiger charge is 2.47. The van der Waals surface area contributed by atoms with E-state index in [9.17, 15) is 22.8 Å². The topological polar surface area (TPSA) is 142 Å². The van der Waals surface area contributed by atoms with E-state index in [1.807, 2.05) is 0 Å². The minimum absolute atomic E-state index is 0.0325. The highest BCUT2D eigenvalue weighted by molar-refractivity contribution is 7.88. The first-order chi connectivity index (χ1) is 14.1. The Kier molecular flexibility index (Phi) is 6.36. The van der Waals surface area contributed by atoms with Crippen LogP contribution in [-0.2, 0) is 19.6 Å². The van der Waals surface area contributed by atoms with Crippen molar-refractivity contribution in [1.82, 2.24) is 29.8 Å². The first kappa shape index (κ1) is 22.1. The van der Waals surface area contributed by atoms with E-state index in [-0.39, 0.29) is 49.1 Å².